The fraction of sp³-hybridized carbons (Fsp3) is 0.294. The lowest BCUT2D eigenvalue weighted by molar-refractivity contribution is 0.288. The quantitative estimate of drug-likeness (QED) is 0.847. The molecule has 1 aliphatic carbocycles. The lowest BCUT2D eigenvalue weighted by atomic mass is 9.74. The van der Waals surface area contributed by atoms with Gasteiger partial charge in [0.05, 0.1) is 0 Å². The van der Waals surface area contributed by atoms with Crippen molar-refractivity contribution < 1.29 is 14.7 Å². The predicted octanol–water partition coefficient (Wildman–Crippen LogP) is 3.12. The minimum atomic E-state index is -1.79. The fourth-order valence-electron chi connectivity index (χ4n) is 3.64. The van der Waals surface area contributed by atoms with Crippen LogP contribution in [0.3, 0.4) is 0 Å². The van der Waals surface area contributed by atoms with E-state index in [1.807, 2.05) is 12.1 Å². The molecule has 2 aromatic rings. The van der Waals surface area contributed by atoms with Gasteiger partial charge >= 0.3 is 7.32 Å². The van der Waals surface area contributed by atoms with Crippen LogP contribution in [0.15, 0.2) is 42.5 Å². The molecule has 3 rings (SSSR count). The van der Waals surface area contributed by atoms with Crippen LogP contribution < -0.4 is 4.65 Å². The van der Waals surface area contributed by atoms with Crippen LogP contribution in [0.2, 0.25) is 0 Å². The normalized spacial score (nSPS) is 14.5. The molecule has 0 unspecified atom stereocenters. The summed E-state index contributed by atoms with van der Waals surface area (Å²) in [6, 6.07) is 14.2. The second kappa shape index (κ2) is 5.21. The second-order valence-corrected chi connectivity index (χ2v) is 5.49. The third-order valence-corrected chi connectivity index (χ3v) is 4.69. The van der Waals surface area contributed by atoms with Crippen molar-refractivity contribution in [1.29, 1.82) is 0 Å². The van der Waals surface area contributed by atoms with Gasteiger partial charge in [0.25, 0.3) is 0 Å². The molecule has 4 heteroatoms. The van der Waals surface area contributed by atoms with Crippen molar-refractivity contribution in [3.63, 3.8) is 0 Å². The summed E-state index contributed by atoms with van der Waals surface area (Å²) in [5.41, 5.74) is 5.03. The molecule has 0 aromatic heterocycles. The van der Waals surface area contributed by atoms with E-state index in [0.29, 0.717) is 5.75 Å². The summed E-state index contributed by atoms with van der Waals surface area (Å²) in [4.78, 5) is 0. The Balaban J connectivity index is 2.21. The Hall–Kier alpha value is -1.78. The molecular formula is C17H19BO3. The maximum Gasteiger partial charge on any atom is 0.707 e. The summed E-state index contributed by atoms with van der Waals surface area (Å²) < 4.78 is 5.03. The highest BCUT2D eigenvalue weighted by Crippen LogP contribution is 2.53. The first kappa shape index (κ1) is 14.2. The molecule has 3 nitrogen and oxygen atoms in total. The van der Waals surface area contributed by atoms with E-state index in [0.717, 1.165) is 12.8 Å². The largest absolute Gasteiger partial charge is 0.707 e. The van der Waals surface area contributed by atoms with E-state index in [4.69, 9.17) is 14.7 Å². The molecule has 108 valence electrons. The maximum absolute atomic E-state index is 9.01. The molecule has 1 aliphatic rings. The Labute approximate surface area is 125 Å². The molecule has 0 amide bonds. The molecule has 2 N–H and O–H groups in total. The van der Waals surface area contributed by atoms with E-state index < -0.39 is 7.32 Å². The molecule has 0 heterocycles. The number of fused-ring (bicyclic) bond motifs is 3. The van der Waals surface area contributed by atoms with E-state index in [2.05, 4.69) is 38.1 Å². The van der Waals surface area contributed by atoms with Gasteiger partial charge in [-0.1, -0.05) is 44.2 Å². The Kier molecular flexibility index (Phi) is 3.51. The fourth-order valence-corrected chi connectivity index (χ4v) is 3.64. The molecule has 0 saturated heterocycles. The van der Waals surface area contributed by atoms with Gasteiger partial charge in [0.1, 0.15) is 5.75 Å². The van der Waals surface area contributed by atoms with Gasteiger partial charge in [-0.15, -0.1) is 0 Å². The standard InChI is InChI=1S/C17H19BO3/c1-3-17(4-2)15-8-6-5-7-13(15)14-10-9-12(11-16(14)17)21-18(19)20/h5-11,19-20H,3-4H2,1-2H3. The zero-order chi connectivity index (χ0) is 15.0. The van der Waals surface area contributed by atoms with Crippen molar-refractivity contribution in [3.05, 3.63) is 53.6 Å². The van der Waals surface area contributed by atoms with Gasteiger partial charge in [-0.2, -0.15) is 0 Å². The monoisotopic (exact) mass is 282 g/mol. The Morgan fingerprint density at radius 1 is 0.952 bits per heavy atom. The first-order valence-electron chi connectivity index (χ1n) is 7.39. The average Bonchev–Trinajstić information content (AvgIpc) is 2.76. The Morgan fingerprint density at radius 2 is 1.62 bits per heavy atom. The van der Waals surface area contributed by atoms with Gasteiger partial charge in [0, 0.05) is 5.41 Å². The van der Waals surface area contributed by atoms with Gasteiger partial charge in [0.2, 0.25) is 0 Å². The van der Waals surface area contributed by atoms with Crippen LogP contribution >= 0.6 is 0 Å². The van der Waals surface area contributed by atoms with Crippen LogP contribution in [0.1, 0.15) is 37.8 Å². The van der Waals surface area contributed by atoms with Crippen molar-refractivity contribution in [2.75, 3.05) is 0 Å². The summed E-state index contributed by atoms with van der Waals surface area (Å²) in [6.07, 6.45) is 2.00. The molecule has 0 saturated carbocycles. The zero-order valence-corrected chi connectivity index (χ0v) is 12.3. The van der Waals surface area contributed by atoms with E-state index in [1.165, 1.54) is 22.3 Å². The highest BCUT2D eigenvalue weighted by molar-refractivity contribution is 6.33. The lowest BCUT2D eigenvalue weighted by Gasteiger charge is -2.29. The predicted molar refractivity (Wildman–Crippen MR) is 84.1 cm³/mol. The highest BCUT2D eigenvalue weighted by atomic mass is 16.6. The first-order chi connectivity index (χ1) is 10.1. The van der Waals surface area contributed by atoms with E-state index >= 15 is 0 Å². The number of benzene rings is 2. The Bertz CT molecular complexity index is 663. The lowest BCUT2D eigenvalue weighted by Crippen LogP contribution is -2.24. The van der Waals surface area contributed by atoms with Crippen LogP contribution in [-0.4, -0.2) is 17.4 Å². The van der Waals surface area contributed by atoms with Crippen molar-refractivity contribution in [2.24, 2.45) is 0 Å². The van der Waals surface area contributed by atoms with Gasteiger partial charge in [-0.3, -0.25) is 0 Å². The van der Waals surface area contributed by atoms with E-state index in [1.54, 1.807) is 6.07 Å². The number of hydrogen-bond acceptors (Lipinski definition) is 3. The van der Waals surface area contributed by atoms with Crippen molar-refractivity contribution in [2.45, 2.75) is 32.1 Å². The van der Waals surface area contributed by atoms with Crippen molar-refractivity contribution >= 4 is 7.32 Å². The molecule has 0 radical (unpaired) electrons. The van der Waals surface area contributed by atoms with Crippen molar-refractivity contribution in [3.8, 4) is 16.9 Å². The zero-order valence-electron chi connectivity index (χ0n) is 12.3. The summed E-state index contributed by atoms with van der Waals surface area (Å²) in [6.45, 7) is 4.40. The maximum atomic E-state index is 9.01. The summed E-state index contributed by atoms with van der Waals surface area (Å²) >= 11 is 0. The molecule has 0 aliphatic heterocycles. The Morgan fingerprint density at radius 3 is 2.29 bits per heavy atom. The molecule has 0 atom stereocenters. The van der Waals surface area contributed by atoms with E-state index in [9.17, 15) is 0 Å². The van der Waals surface area contributed by atoms with Crippen LogP contribution in [-0.2, 0) is 5.41 Å². The molecular weight excluding hydrogens is 263 g/mol. The van der Waals surface area contributed by atoms with Gasteiger partial charge in [0.15, 0.2) is 0 Å². The summed E-state index contributed by atoms with van der Waals surface area (Å²) in [7, 11) is -1.79. The molecule has 0 bridgehead atoms. The van der Waals surface area contributed by atoms with Crippen molar-refractivity contribution in [1.82, 2.24) is 0 Å². The first-order valence-corrected chi connectivity index (χ1v) is 7.39. The van der Waals surface area contributed by atoms with Crippen LogP contribution in [0.5, 0.6) is 5.75 Å². The number of rotatable bonds is 4. The SMILES string of the molecule is CCC1(CC)c2ccccc2-c2ccc(OB(O)O)cc21. The molecule has 21 heavy (non-hydrogen) atoms. The third kappa shape index (κ3) is 2.06. The third-order valence-electron chi connectivity index (χ3n) is 4.69. The molecule has 0 fully saturated rings. The van der Waals surface area contributed by atoms with Crippen LogP contribution in [0.4, 0.5) is 0 Å². The topological polar surface area (TPSA) is 49.7 Å². The van der Waals surface area contributed by atoms with Gasteiger partial charge in [-0.05, 0) is 47.2 Å². The molecule has 0 spiro atoms. The average molecular weight is 282 g/mol. The van der Waals surface area contributed by atoms with Crippen LogP contribution in [0.25, 0.3) is 11.1 Å². The van der Waals surface area contributed by atoms with E-state index in [-0.39, 0.29) is 5.41 Å². The minimum absolute atomic E-state index is 0.0221. The van der Waals surface area contributed by atoms with Gasteiger partial charge < -0.3 is 14.7 Å². The summed E-state index contributed by atoms with van der Waals surface area (Å²) in [5, 5.41) is 18.0. The molecule has 2 aromatic carbocycles. The summed E-state index contributed by atoms with van der Waals surface area (Å²) in [5.74, 6) is 0.489. The minimum Gasteiger partial charge on any atom is -0.512 e. The van der Waals surface area contributed by atoms with Gasteiger partial charge in [-0.25, -0.2) is 0 Å². The smallest absolute Gasteiger partial charge is 0.512 e. The highest BCUT2D eigenvalue weighted by Gasteiger charge is 2.40. The second-order valence-electron chi connectivity index (χ2n) is 5.49. The number of hydrogen-bond donors (Lipinski definition) is 2. The van der Waals surface area contributed by atoms with Crippen LogP contribution in [0, 0.1) is 0 Å².